The minimum atomic E-state index is -1.22. The molecule has 0 aromatic heterocycles. The zero-order valence-electron chi connectivity index (χ0n) is 8.89. The Hall–Kier alpha value is -0.683. The van der Waals surface area contributed by atoms with Crippen molar-refractivity contribution in [1.82, 2.24) is 0 Å². The van der Waals surface area contributed by atoms with Crippen LogP contribution in [0.3, 0.4) is 0 Å². The van der Waals surface area contributed by atoms with Gasteiger partial charge in [0.15, 0.2) is 0 Å². The Morgan fingerprint density at radius 1 is 1.07 bits per heavy atom. The molecule has 0 bridgehead atoms. The van der Waals surface area contributed by atoms with Crippen LogP contribution in [0.2, 0.25) is 0 Å². The third-order valence-electron chi connectivity index (χ3n) is 2.05. The van der Waals surface area contributed by atoms with E-state index in [0.717, 1.165) is 19.4 Å². The van der Waals surface area contributed by atoms with Crippen molar-refractivity contribution in [2.75, 3.05) is 19.8 Å². The van der Waals surface area contributed by atoms with E-state index < -0.39 is 10.0 Å². The summed E-state index contributed by atoms with van der Waals surface area (Å²) in [6.45, 7) is 2.08. The maximum absolute atomic E-state index is 8.49. The van der Waals surface area contributed by atoms with Crippen LogP contribution in [0.1, 0.15) is 12.0 Å². The number of benzene rings is 1. The molecule has 0 unspecified atom stereocenters. The minimum absolute atomic E-state index is 0.619. The van der Waals surface area contributed by atoms with Gasteiger partial charge in [-0.2, -0.15) is 0 Å². The molecule has 0 radical (unpaired) electrons. The standard InChI is InChI=1S/C11H18O3Si/c12-15-14-9-4-8-13-10-7-11-5-2-1-3-6-11/h1-3,5-6,12H,4,7-10,15H2. The van der Waals surface area contributed by atoms with Crippen molar-refractivity contribution < 1.29 is 14.0 Å². The lowest BCUT2D eigenvalue weighted by Crippen LogP contribution is -2.05. The Morgan fingerprint density at radius 3 is 2.60 bits per heavy atom. The molecule has 1 aromatic carbocycles. The third-order valence-corrected chi connectivity index (χ3v) is 2.52. The van der Waals surface area contributed by atoms with Crippen molar-refractivity contribution in [3.8, 4) is 0 Å². The van der Waals surface area contributed by atoms with Crippen LogP contribution in [0, 0.1) is 0 Å². The largest absolute Gasteiger partial charge is 0.415 e. The van der Waals surface area contributed by atoms with Gasteiger partial charge in [0.1, 0.15) is 0 Å². The van der Waals surface area contributed by atoms with Gasteiger partial charge in [0.05, 0.1) is 6.61 Å². The van der Waals surface area contributed by atoms with E-state index in [4.69, 9.17) is 14.0 Å². The number of hydrogen-bond donors (Lipinski definition) is 1. The molecule has 84 valence electrons. The summed E-state index contributed by atoms with van der Waals surface area (Å²) in [5.74, 6) is 0. The maximum atomic E-state index is 8.49. The first-order valence-electron chi connectivity index (χ1n) is 5.24. The molecular formula is C11H18O3Si. The summed E-state index contributed by atoms with van der Waals surface area (Å²) < 4.78 is 10.4. The lowest BCUT2D eigenvalue weighted by Gasteiger charge is -2.04. The molecule has 0 amide bonds. The van der Waals surface area contributed by atoms with Gasteiger partial charge >= 0.3 is 10.0 Å². The molecule has 1 rings (SSSR count). The van der Waals surface area contributed by atoms with E-state index in [2.05, 4.69) is 12.1 Å². The molecule has 0 heterocycles. The predicted octanol–water partition coefficient (Wildman–Crippen LogP) is 0.643. The minimum Gasteiger partial charge on any atom is -0.415 e. The topological polar surface area (TPSA) is 38.7 Å². The third kappa shape index (κ3) is 6.41. The van der Waals surface area contributed by atoms with Crippen LogP contribution in [-0.2, 0) is 15.6 Å². The van der Waals surface area contributed by atoms with Crippen molar-refractivity contribution in [1.29, 1.82) is 0 Å². The first kappa shape index (κ1) is 12.4. The van der Waals surface area contributed by atoms with Gasteiger partial charge in [-0.05, 0) is 18.4 Å². The molecule has 0 saturated heterocycles. The molecule has 0 saturated carbocycles. The summed E-state index contributed by atoms with van der Waals surface area (Å²) in [5, 5.41) is 0. The van der Waals surface area contributed by atoms with Crippen molar-refractivity contribution in [2.24, 2.45) is 0 Å². The van der Waals surface area contributed by atoms with Gasteiger partial charge in [0, 0.05) is 13.2 Å². The van der Waals surface area contributed by atoms with Crippen LogP contribution >= 0.6 is 0 Å². The van der Waals surface area contributed by atoms with Crippen LogP contribution in [0.15, 0.2) is 30.3 Å². The van der Waals surface area contributed by atoms with Crippen molar-refractivity contribution in [3.05, 3.63) is 35.9 Å². The van der Waals surface area contributed by atoms with E-state index in [1.54, 1.807) is 0 Å². The number of ether oxygens (including phenoxy) is 1. The summed E-state index contributed by atoms with van der Waals surface area (Å²) >= 11 is 0. The van der Waals surface area contributed by atoms with Crippen molar-refractivity contribution in [3.63, 3.8) is 0 Å². The van der Waals surface area contributed by atoms with Crippen LogP contribution in [0.4, 0.5) is 0 Å². The van der Waals surface area contributed by atoms with Gasteiger partial charge in [-0.1, -0.05) is 30.3 Å². The molecule has 1 aromatic rings. The smallest absolute Gasteiger partial charge is 0.301 e. The highest BCUT2D eigenvalue weighted by Gasteiger charge is 1.92. The monoisotopic (exact) mass is 226 g/mol. The highest BCUT2D eigenvalue weighted by atomic mass is 28.2. The summed E-state index contributed by atoms with van der Waals surface area (Å²) in [7, 11) is -1.22. The second-order valence-corrected chi connectivity index (χ2v) is 3.91. The van der Waals surface area contributed by atoms with Crippen LogP contribution in [0.5, 0.6) is 0 Å². The highest BCUT2D eigenvalue weighted by molar-refractivity contribution is 6.15. The quantitative estimate of drug-likeness (QED) is 0.522. The first-order chi connectivity index (χ1) is 7.43. The van der Waals surface area contributed by atoms with E-state index in [9.17, 15) is 0 Å². The van der Waals surface area contributed by atoms with Gasteiger partial charge in [0.25, 0.3) is 0 Å². The Balaban J connectivity index is 1.93. The fourth-order valence-corrected chi connectivity index (χ4v) is 1.60. The molecule has 0 fully saturated rings. The number of hydrogen-bond acceptors (Lipinski definition) is 3. The average molecular weight is 226 g/mol. The second kappa shape index (κ2) is 8.61. The fraction of sp³-hybridized carbons (Fsp3) is 0.455. The van der Waals surface area contributed by atoms with Gasteiger partial charge in [-0.25, -0.2) is 0 Å². The lowest BCUT2D eigenvalue weighted by molar-refractivity contribution is 0.120. The molecule has 0 aliphatic heterocycles. The zero-order chi connectivity index (χ0) is 10.8. The van der Waals surface area contributed by atoms with E-state index in [1.807, 2.05) is 18.2 Å². The van der Waals surface area contributed by atoms with Crippen LogP contribution in [0.25, 0.3) is 0 Å². The Kier molecular flexibility index (Phi) is 7.11. The summed E-state index contributed by atoms with van der Waals surface area (Å²) in [6, 6.07) is 10.3. The van der Waals surface area contributed by atoms with Crippen LogP contribution in [-0.4, -0.2) is 34.6 Å². The zero-order valence-corrected chi connectivity index (χ0v) is 10.3. The Labute approximate surface area is 93.1 Å². The Bertz CT molecular complexity index is 241. The van der Waals surface area contributed by atoms with Crippen LogP contribution < -0.4 is 0 Å². The molecule has 0 aliphatic carbocycles. The summed E-state index contributed by atoms with van der Waals surface area (Å²) in [6.07, 6.45) is 1.82. The highest BCUT2D eigenvalue weighted by Crippen LogP contribution is 1.99. The molecule has 4 heteroatoms. The van der Waals surface area contributed by atoms with Gasteiger partial charge in [0.2, 0.25) is 0 Å². The van der Waals surface area contributed by atoms with E-state index in [-0.39, 0.29) is 0 Å². The Morgan fingerprint density at radius 2 is 1.87 bits per heavy atom. The average Bonchev–Trinajstić information content (AvgIpc) is 2.29. The molecule has 15 heavy (non-hydrogen) atoms. The molecule has 3 nitrogen and oxygen atoms in total. The molecule has 0 spiro atoms. The molecule has 0 aliphatic rings. The van der Waals surface area contributed by atoms with E-state index in [0.29, 0.717) is 13.2 Å². The van der Waals surface area contributed by atoms with Gasteiger partial charge in [-0.15, -0.1) is 0 Å². The van der Waals surface area contributed by atoms with Gasteiger partial charge < -0.3 is 14.0 Å². The number of rotatable bonds is 8. The SMILES string of the molecule is O[SiH2]OCCCOCCc1ccccc1. The maximum Gasteiger partial charge on any atom is 0.301 e. The van der Waals surface area contributed by atoms with Crippen molar-refractivity contribution in [2.45, 2.75) is 12.8 Å². The van der Waals surface area contributed by atoms with E-state index in [1.165, 1.54) is 5.56 Å². The summed E-state index contributed by atoms with van der Waals surface area (Å²) in [4.78, 5) is 8.49. The second-order valence-electron chi connectivity index (χ2n) is 3.24. The van der Waals surface area contributed by atoms with Gasteiger partial charge in [-0.3, -0.25) is 0 Å². The molecule has 0 atom stereocenters. The van der Waals surface area contributed by atoms with E-state index >= 15 is 0 Å². The first-order valence-corrected chi connectivity index (χ1v) is 6.44. The molecular weight excluding hydrogens is 208 g/mol. The normalized spacial score (nSPS) is 11.3. The lowest BCUT2D eigenvalue weighted by atomic mass is 10.2. The predicted molar refractivity (Wildman–Crippen MR) is 62.3 cm³/mol. The summed E-state index contributed by atoms with van der Waals surface area (Å²) in [5.41, 5.74) is 1.30. The molecule has 1 N–H and O–H groups in total. The fourth-order valence-electron chi connectivity index (χ4n) is 1.26. The van der Waals surface area contributed by atoms with Crippen molar-refractivity contribution >= 4 is 10.0 Å².